The van der Waals surface area contributed by atoms with Gasteiger partial charge < -0.3 is 10.4 Å². The summed E-state index contributed by atoms with van der Waals surface area (Å²) in [4.78, 5) is 34.0. The van der Waals surface area contributed by atoms with Crippen LogP contribution in [0, 0.1) is 0 Å². The number of carbonyl (C=O) groups is 2. The van der Waals surface area contributed by atoms with Gasteiger partial charge in [0.1, 0.15) is 5.69 Å². The van der Waals surface area contributed by atoms with Crippen LogP contribution in [0.3, 0.4) is 0 Å². The van der Waals surface area contributed by atoms with E-state index in [1.807, 2.05) is 0 Å². The van der Waals surface area contributed by atoms with E-state index < -0.39 is 23.5 Å². The van der Waals surface area contributed by atoms with Crippen LogP contribution in [0.1, 0.15) is 22.1 Å². The molecule has 20 heavy (non-hydrogen) atoms. The van der Waals surface area contributed by atoms with Gasteiger partial charge in [0.05, 0.1) is 0 Å². The Hall–Kier alpha value is -2.96. The fraction of sp³-hybridized carbons (Fsp3) is 0.0769. The number of H-pyrrole nitrogens is 1. The monoisotopic (exact) mass is 273 g/mol. The number of nitrogens with zero attached hydrogens (tertiary/aromatic N) is 1. The molecular formula is C13H11N3O4. The van der Waals surface area contributed by atoms with Gasteiger partial charge in [-0.1, -0.05) is 30.3 Å². The molecule has 1 heterocycles. The second-order valence-corrected chi connectivity index (χ2v) is 3.96. The number of hydrogen-bond acceptors (Lipinski definition) is 4. The molecular weight excluding hydrogens is 262 g/mol. The summed E-state index contributed by atoms with van der Waals surface area (Å²) < 4.78 is 0. The highest BCUT2D eigenvalue weighted by Crippen LogP contribution is 2.13. The molecule has 0 bridgehead atoms. The number of aliphatic carboxylic acids is 1. The number of carboxylic acids is 1. The van der Waals surface area contributed by atoms with Crippen molar-refractivity contribution in [2.45, 2.75) is 6.04 Å². The van der Waals surface area contributed by atoms with Gasteiger partial charge in [0.25, 0.3) is 11.5 Å². The summed E-state index contributed by atoms with van der Waals surface area (Å²) >= 11 is 0. The predicted octanol–water partition coefficient (Wildman–Crippen LogP) is 0.326. The van der Waals surface area contributed by atoms with Crippen molar-refractivity contribution in [3.05, 3.63) is 64.1 Å². The fourth-order valence-electron chi connectivity index (χ4n) is 1.61. The van der Waals surface area contributed by atoms with E-state index in [9.17, 15) is 19.5 Å². The second-order valence-electron chi connectivity index (χ2n) is 3.96. The van der Waals surface area contributed by atoms with Gasteiger partial charge >= 0.3 is 5.97 Å². The first-order chi connectivity index (χ1) is 9.58. The summed E-state index contributed by atoms with van der Waals surface area (Å²) in [5.74, 6) is -1.87. The Balaban J connectivity index is 2.21. The fourth-order valence-corrected chi connectivity index (χ4v) is 1.61. The molecule has 0 aliphatic heterocycles. The van der Waals surface area contributed by atoms with E-state index in [-0.39, 0.29) is 5.69 Å². The highest BCUT2D eigenvalue weighted by molar-refractivity contribution is 5.95. The van der Waals surface area contributed by atoms with Crippen molar-refractivity contribution >= 4 is 11.9 Å². The average molecular weight is 273 g/mol. The SMILES string of the molecule is O=C(NC(C(=O)O)c1ccccc1)c1ccc(=O)[nH]n1. The van der Waals surface area contributed by atoms with Gasteiger partial charge in [0, 0.05) is 6.07 Å². The van der Waals surface area contributed by atoms with Crippen molar-refractivity contribution in [3.63, 3.8) is 0 Å². The Labute approximate surface area is 113 Å². The Morgan fingerprint density at radius 1 is 1.15 bits per heavy atom. The first-order valence-corrected chi connectivity index (χ1v) is 5.72. The molecule has 0 spiro atoms. The Kier molecular flexibility index (Phi) is 3.90. The maximum Gasteiger partial charge on any atom is 0.330 e. The summed E-state index contributed by atoms with van der Waals surface area (Å²) in [7, 11) is 0. The van der Waals surface area contributed by atoms with Gasteiger partial charge in [-0.2, -0.15) is 5.10 Å². The van der Waals surface area contributed by atoms with Crippen LogP contribution in [0.4, 0.5) is 0 Å². The number of carboxylic acid groups (broad SMARTS) is 1. The van der Waals surface area contributed by atoms with Crippen molar-refractivity contribution in [2.24, 2.45) is 0 Å². The molecule has 0 aliphatic rings. The first kappa shape index (κ1) is 13.5. The molecule has 0 radical (unpaired) electrons. The van der Waals surface area contributed by atoms with Crippen LogP contribution in [0.5, 0.6) is 0 Å². The number of aromatic amines is 1. The number of rotatable bonds is 4. The second kappa shape index (κ2) is 5.79. The van der Waals surface area contributed by atoms with Crippen molar-refractivity contribution in [3.8, 4) is 0 Å². The lowest BCUT2D eigenvalue weighted by molar-refractivity contribution is -0.139. The molecule has 1 unspecified atom stereocenters. The third-order valence-electron chi connectivity index (χ3n) is 2.57. The molecule has 2 rings (SSSR count). The molecule has 3 N–H and O–H groups in total. The lowest BCUT2D eigenvalue weighted by Crippen LogP contribution is -2.34. The maximum atomic E-state index is 11.9. The van der Waals surface area contributed by atoms with Gasteiger partial charge in [-0.15, -0.1) is 0 Å². The van der Waals surface area contributed by atoms with E-state index in [0.29, 0.717) is 5.56 Å². The normalized spacial score (nSPS) is 11.6. The van der Waals surface area contributed by atoms with Crippen LogP contribution in [0.25, 0.3) is 0 Å². The maximum absolute atomic E-state index is 11.9. The summed E-state index contributed by atoms with van der Waals surface area (Å²) in [6.07, 6.45) is 0. The molecule has 102 valence electrons. The molecule has 7 heteroatoms. The Bertz CT molecular complexity index is 661. The van der Waals surface area contributed by atoms with E-state index in [1.54, 1.807) is 30.3 Å². The zero-order valence-corrected chi connectivity index (χ0v) is 10.2. The zero-order chi connectivity index (χ0) is 14.5. The van der Waals surface area contributed by atoms with E-state index in [2.05, 4.69) is 15.5 Å². The highest BCUT2D eigenvalue weighted by Gasteiger charge is 2.22. The van der Waals surface area contributed by atoms with Gasteiger partial charge in [0.2, 0.25) is 0 Å². The van der Waals surface area contributed by atoms with Crippen LogP contribution in [-0.4, -0.2) is 27.2 Å². The van der Waals surface area contributed by atoms with Crippen LogP contribution >= 0.6 is 0 Å². The molecule has 1 atom stereocenters. The first-order valence-electron chi connectivity index (χ1n) is 5.72. The molecule has 0 saturated heterocycles. The smallest absolute Gasteiger partial charge is 0.330 e. The minimum atomic E-state index is -1.19. The zero-order valence-electron chi connectivity index (χ0n) is 10.2. The third kappa shape index (κ3) is 3.08. The Morgan fingerprint density at radius 2 is 1.85 bits per heavy atom. The van der Waals surface area contributed by atoms with Crippen molar-refractivity contribution in [1.82, 2.24) is 15.5 Å². The molecule has 0 aliphatic carbocycles. The van der Waals surface area contributed by atoms with Gasteiger partial charge in [-0.25, -0.2) is 9.89 Å². The quantitative estimate of drug-likeness (QED) is 0.743. The summed E-state index contributed by atoms with van der Waals surface area (Å²) in [6, 6.07) is 9.47. The number of amides is 1. The van der Waals surface area contributed by atoms with Gasteiger partial charge in [-0.05, 0) is 11.6 Å². The average Bonchev–Trinajstić information content (AvgIpc) is 2.46. The Morgan fingerprint density at radius 3 is 2.40 bits per heavy atom. The van der Waals surface area contributed by atoms with Crippen LogP contribution < -0.4 is 10.9 Å². The van der Waals surface area contributed by atoms with Crippen molar-refractivity contribution < 1.29 is 14.7 Å². The minimum absolute atomic E-state index is 0.0632. The molecule has 1 amide bonds. The van der Waals surface area contributed by atoms with E-state index >= 15 is 0 Å². The lowest BCUT2D eigenvalue weighted by Gasteiger charge is -2.14. The lowest BCUT2D eigenvalue weighted by atomic mass is 10.1. The van der Waals surface area contributed by atoms with Crippen LogP contribution in [-0.2, 0) is 4.79 Å². The van der Waals surface area contributed by atoms with Crippen molar-refractivity contribution in [1.29, 1.82) is 0 Å². The molecule has 0 saturated carbocycles. The highest BCUT2D eigenvalue weighted by atomic mass is 16.4. The minimum Gasteiger partial charge on any atom is -0.479 e. The molecule has 7 nitrogen and oxygen atoms in total. The van der Waals surface area contributed by atoms with E-state index in [4.69, 9.17) is 0 Å². The number of aromatic nitrogens is 2. The topological polar surface area (TPSA) is 112 Å². The standard InChI is InChI=1S/C13H11N3O4/c17-10-7-6-9(15-16-10)12(18)14-11(13(19)20)8-4-2-1-3-5-8/h1-7,11H,(H,14,18)(H,16,17)(H,19,20). The number of hydrogen-bond donors (Lipinski definition) is 3. The summed E-state index contributed by atoms with van der Waals surface area (Å²) in [5, 5.41) is 17.2. The number of benzene rings is 1. The molecule has 0 fully saturated rings. The number of carbonyl (C=O) groups excluding carboxylic acids is 1. The van der Waals surface area contributed by atoms with E-state index in [0.717, 1.165) is 6.07 Å². The molecule has 1 aromatic heterocycles. The van der Waals surface area contributed by atoms with Crippen molar-refractivity contribution in [2.75, 3.05) is 0 Å². The largest absolute Gasteiger partial charge is 0.479 e. The third-order valence-corrected chi connectivity index (χ3v) is 2.57. The molecule has 2 aromatic rings. The predicted molar refractivity (Wildman–Crippen MR) is 69.1 cm³/mol. The van der Waals surface area contributed by atoms with E-state index in [1.165, 1.54) is 6.07 Å². The van der Waals surface area contributed by atoms with Gasteiger partial charge in [-0.3, -0.25) is 9.59 Å². The van der Waals surface area contributed by atoms with Gasteiger partial charge in [0.15, 0.2) is 6.04 Å². The van der Waals surface area contributed by atoms with Crippen LogP contribution in [0.15, 0.2) is 47.3 Å². The number of nitrogens with one attached hydrogen (secondary N) is 2. The van der Waals surface area contributed by atoms with Crippen LogP contribution in [0.2, 0.25) is 0 Å². The molecule has 1 aromatic carbocycles. The summed E-state index contributed by atoms with van der Waals surface area (Å²) in [5.41, 5.74) is -0.0658. The summed E-state index contributed by atoms with van der Waals surface area (Å²) in [6.45, 7) is 0.